The fraction of sp³-hybridized carbons (Fsp3) is 0.381. The minimum atomic E-state index is -3.18. The van der Waals surface area contributed by atoms with Crippen LogP contribution in [0.3, 0.4) is 0 Å². The number of carbonyl (C=O) groups excluding carboxylic acids is 1. The lowest BCUT2D eigenvalue weighted by molar-refractivity contribution is 0.0680. The van der Waals surface area contributed by atoms with Gasteiger partial charge in [0.25, 0.3) is 5.91 Å². The third-order valence-corrected chi connectivity index (χ3v) is 7.16. The molecule has 0 N–H and O–H groups in total. The smallest absolute Gasteiger partial charge is 0.254 e. The van der Waals surface area contributed by atoms with Crippen LogP contribution in [0.2, 0.25) is 5.02 Å². The second kappa shape index (κ2) is 9.14. The van der Waals surface area contributed by atoms with Crippen LogP contribution >= 0.6 is 11.6 Å². The predicted molar refractivity (Wildman–Crippen MR) is 114 cm³/mol. The maximum Gasteiger partial charge on any atom is 0.254 e. The van der Waals surface area contributed by atoms with E-state index in [-0.39, 0.29) is 24.0 Å². The first-order valence-electron chi connectivity index (χ1n) is 9.34. The monoisotopic (exact) mass is 453 g/mol. The molecule has 0 bridgehead atoms. The molecule has 0 aliphatic carbocycles. The molecule has 2 aromatic carbocycles. The minimum absolute atomic E-state index is 0.0596. The van der Waals surface area contributed by atoms with Crippen LogP contribution in [0.25, 0.3) is 0 Å². The number of amides is 1. The van der Waals surface area contributed by atoms with Crippen LogP contribution in [0.1, 0.15) is 22.3 Å². The molecule has 0 aromatic heterocycles. The van der Waals surface area contributed by atoms with Gasteiger partial charge in [0.1, 0.15) is 5.75 Å². The van der Waals surface area contributed by atoms with E-state index < -0.39 is 15.9 Å². The topological polar surface area (TPSA) is 82.1 Å². The molecule has 1 saturated heterocycles. The van der Waals surface area contributed by atoms with Gasteiger partial charge in [-0.05, 0) is 42.3 Å². The van der Waals surface area contributed by atoms with Crippen molar-refractivity contribution in [2.45, 2.75) is 19.0 Å². The van der Waals surface area contributed by atoms with Gasteiger partial charge in [-0.15, -0.1) is 0 Å². The van der Waals surface area contributed by atoms with E-state index in [9.17, 15) is 13.2 Å². The SMILES string of the molecule is COc1ccc(C(=O)N(Cc2ccc(OC)c(OC)c2)[C@H]2CCS(=O)(=O)C2)cc1Cl. The number of nitrogens with zero attached hydrogens (tertiary/aromatic N) is 1. The molecule has 1 amide bonds. The zero-order chi connectivity index (χ0) is 21.9. The third-order valence-electron chi connectivity index (χ3n) is 5.11. The second-order valence-corrected chi connectivity index (χ2v) is 9.66. The van der Waals surface area contributed by atoms with Crippen LogP contribution in [0, 0.1) is 0 Å². The lowest BCUT2D eigenvalue weighted by Gasteiger charge is -2.29. The summed E-state index contributed by atoms with van der Waals surface area (Å²) in [4.78, 5) is 14.9. The van der Waals surface area contributed by atoms with Crippen molar-refractivity contribution < 1.29 is 27.4 Å². The van der Waals surface area contributed by atoms with Crippen LogP contribution in [-0.2, 0) is 16.4 Å². The van der Waals surface area contributed by atoms with E-state index in [1.54, 1.807) is 36.3 Å². The molecule has 30 heavy (non-hydrogen) atoms. The van der Waals surface area contributed by atoms with E-state index in [1.807, 2.05) is 6.07 Å². The zero-order valence-corrected chi connectivity index (χ0v) is 18.6. The highest BCUT2D eigenvalue weighted by Crippen LogP contribution is 2.31. The van der Waals surface area contributed by atoms with Crippen LogP contribution in [0.4, 0.5) is 0 Å². The first-order valence-corrected chi connectivity index (χ1v) is 11.5. The van der Waals surface area contributed by atoms with Gasteiger partial charge in [0.2, 0.25) is 0 Å². The van der Waals surface area contributed by atoms with E-state index in [1.165, 1.54) is 20.3 Å². The molecule has 7 nitrogen and oxygen atoms in total. The number of sulfone groups is 1. The Morgan fingerprint density at radius 2 is 1.70 bits per heavy atom. The average molecular weight is 454 g/mol. The molecule has 1 aliphatic rings. The summed E-state index contributed by atoms with van der Waals surface area (Å²) in [6.07, 6.45) is 0.394. The van der Waals surface area contributed by atoms with E-state index in [2.05, 4.69) is 0 Å². The van der Waals surface area contributed by atoms with Crippen molar-refractivity contribution in [3.63, 3.8) is 0 Å². The van der Waals surface area contributed by atoms with Gasteiger partial charge in [-0.3, -0.25) is 4.79 Å². The molecule has 0 spiro atoms. The quantitative estimate of drug-likeness (QED) is 0.640. The molecule has 1 heterocycles. The zero-order valence-electron chi connectivity index (χ0n) is 17.1. The normalized spacial score (nSPS) is 17.4. The van der Waals surface area contributed by atoms with Gasteiger partial charge in [0, 0.05) is 18.2 Å². The molecular weight excluding hydrogens is 430 g/mol. The number of halogens is 1. The molecule has 1 atom stereocenters. The second-order valence-electron chi connectivity index (χ2n) is 7.03. The maximum absolute atomic E-state index is 13.4. The molecule has 1 fully saturated rings. The van der Waals surface area contributed by atoms with Gasteiger partial charge in [-0.2, -0.15) is 0 Å². The number of hydrogen-bond donors (Lipinski definition) is 0. The van der Waals surface area contributed by atoms with Gasteiger partial charge in [-0.25, -0.2) is 8.42 Å². The van der Waals surface area contributed by atoms with Gasteiger partial charge < -0.3 is 19.1 Å². The number of carbonyl (C=O) groups is 1. The lowest BCUT2D eigenvalue weighted by atomic mass is 10.1. The predicted octanol–water partition coefficient (Wildman–Crippen LogP) is 3.20. The fourth-order valence-electron chi connectivity index (χ4n) is 3.53. The first kappa shape index (κ1) is 22.2. The van der Waals surface area contributed by atoms with Crippen molar-refractivity contribution >= 4 is 27.3 Å². The van der Waals surface area contributed by atoms with Crippen LogP contribution < -0.4 is 14.2 Å². The van der Waals surface area contributed by atoms with Gasteiger partial charge in [0.15, 0.2) is 21.3 Å². The highest BCUT2D eigenvalue weighted by molar-refractivity contribution is 7.91. The van der Waals surface area contributed by atoms with Crippen molar-refractivity contribution in [2.24, 2.45) is 0 Å². The van der Waals surface area contributed by atoms with Gasteiger partial charge >= 0.3 is 0 Å². The molecule has 9 heteroatoms. The molecule has 0 radical (unpaired) electrons. The number of ether oxygens (including phenoxy) is 3. The lowest BCUT2D eigenvalue weighted by Crippen LogP contribution is -2.40. The standard InChI is InChI=1S/C21H24ClNO6S/c1-27-18-7-5-15(11-17(18)22)21(24)23(16-8-9-30(25,26)13-16)12-14-4-6-19(28-2)20(10-14)29-3/h4-7,10-11,16H,8-9,12-13H2,1-3H3/t16-/m0/s1. The summed E-state index contributed by atoms with van der Waals surface area (Å²) in [5.41, 5.74) is 1.16. The van der Waals surface area contributed by atoms with Crippen molar-refractivity contribution in [1.82, 2.24) is 4.90 Å². The Kier molecular flexibility index (Phi) is 6.77. The summed E-state index contributed by atoms with van der Waals surface area (Å²) >= 11 is 6.19. The third kappa shape index (κ3) is 4.82. The Morgan fingerprint density at radius 3 is 2.27 bits per heavy atom. The van der Waals surface area contributed by atoms with E-state index in [4.69, 9.17) is 25.8 Å². The Morgan fingerprint density at radius 1 is 1.03 bits per heavy atom. The van der Waals surface area contributed by atoms with E-state index >= 15 is 0 Å². The molecular formula is C21H24ClNO6S. The largest absolute Gasteiger partial charge is 0.495 e. The molecule has 0 saturated carbocycles. The van der Waals surface area contributed by atoms with Crippen molar-refractivity contribution in [3.8, 4) is 17.2 Å². The summed E-state index contributed by atoms with van der Waals surface area (Å²) in [5.74, 6) is 1.28. The maximum atomic E-state index is 13.4. The Balaban J connectivity index is 1.95. The Bertz CT molecular complexity index is 1040. The first-order chi connectivity index (χ1) is 14.3. The van der Waals surface area contributed by atoms with Crippen molar-refractivity contribution in [2.75, 3.05) is 32.8 Å². The summed E-state index contributed by atoms with van der Waals surface area (Å²) in [6.45, 7) is 0.225. The highest BCUT2D eigenvalue weighted by Gasteiger charge is 2.35. The van der Waals surface area contributed by atoms with Crippen LogP contribution in [-0.4, -0.2) is 58.1 Å². The summed E-state index contributed by atoms with van der Waals surface area (Å²) < 4.78 is 39.9. The van der Waals surface area contributed by atoms with Crippen LogP contribution in [0.5, 0.6) is 17.2 Å². The number of methoxy groups -OCH3 is 3. The molecule has 1 aliphatic heterocycles. The summed E-state index contributed by atoms with van der Waals surface area (Å²) in [5, 5.41) is 0.313. The molecule has 3 rings (SSSR count). The van der Waals surface area contributed by atoms with E-state index in [0.717, 1.165) is 5.56 Å². The van der Waals surface area contributed by atoms with Crippen LogP contribution in [0.15, 0.2) is 36.4 Å². The Labute approximate surface area is 181 Å². The highest BCUT2D eigenvalue weighted by atomic mass is 35.5. The molecule has 2 aromatic rings. The van der Waals surface area contributed by atoms with Gasteiger partial charge in [0.05, 0.1) is 37.9 Å². The summed E-state index contributed by atoms with van der Waals surface area (Å²) in [6, 6.07) is 9.72. The number of hydrogen-bond acceptors (Lipinski definition) is 6. The average Bonchev–Trinajstić information content (AvgIpc) is 3.10. The summed E-state index contributed by atoms with van der Waals surface area (Å²) in [7, 11) is 1.40. The number of rotatable bonds is 7. The van der Waals surface area contributed by atoms with Crippen molar-refractivity contribution in [1.29, 1.82) is 0 Å². The molecule has 0 unspecified atom stereocenters. The molecule has 162 valence electrons. The number of benzene rings is 2. The van der Waals surface area contributed by atoms with Gasteiger partial charge in [-0.1, -0.05) is 17.7 Å². The van der Waals surface area contributed by atoms with Crippen molar-refractivity contribution in [3.05, 3.63) is 52.5 Å². The Hall–Kier alpha value is -2.45. The fourth-order valence-corrected chi connectivity index (χ4v) is 5.52. The van der Waals surface area contributed by atoms with E-state index in [0.29, 0.717) is 34.3 Å². The minimum Gasteiger partial charge on any atom is -0.495 e.